The predicted octanol–water partition coefficient (Wildman–Crippen LogP) is 5.03. The quantitative estimate of drug-likeness (QED) is 0.510. The van der Waals surface area contributed by atoms with Crippen LogP contribution in [0.25, 0.3) is 0 Å². The van der Waals surface area contributed by atoms with E-state index in [1.54, 1.807) is 0 Å². The summed E-state index contributed by atoms with van der Waals surface area (Å²) in [6.07, 6.45) is 8.54. The van der Waals surface area contributed by atoms with E-state index in [9.17, 15) is 0 Å². The molecule has 0 spiro atoms. The molecule has 1 aliphatic carbocycles. The van der Waals surface area contributed by atoms with Gasteiger partial charge in [-0.3, -0.25) is 0 Å². The highest BCUT2D eigenvalue weighted by Gasteiger charge is 2.28. The fourth-order valence-corrected chi connectivity index (χ4v) is 3.37. The Morgan fingerprint density at radius 3 is 1.50 bits per heavy atom. The lowest BCUT2D eigenvalue weighted by Gasteiger charge is -2.30. The van der Waals surface area contributed by atoms with E-state index in [0.717, 1.165) is 5.92 Å². The highest BCUT2D eigenvalue weighted by Crippen LogP contribution is 2.40. The molecule has 84 valence electrons. The van der Waals surface area contributed by atoms with Crippen LogP contribution in [-0.4, -0.2) is 0 Å². The van der Waals surface area contributed by atoms with E-state index >= 15 is 0 Å². The van der Waals surface area contributed by atoms with Crippen molar-refractivity contribution in [1.82, 2.24) is 0 Å². The van der Waals surface area contributed by atoms with E-state index in [4.69, 9.17) is 0 Å². The maximum Gasteiger partial charge on any atom is -0.0352 e. The zero-order valence-electron chi connectivity index (χ0n) is 10.8. The van der Waals surface area contributed by atoms with Crippen molar-refractivity contribution in [2.75, 3.05) is 0 Å². The Bertz CT molecular complexity index is 156. The maximum absolute atomic E-state index is 2.45. The summed E-state index contributed by atoms with van der Waals surface area (Å²) >= 11 is 0. The van der Waals surface area contributed by atoms with E-state index in [2.05, 4.69) is 34.6 Å². The van der Waals surface area contributed by atoms with Crippen LogP contribution in [-0.2, 0) is 0 Å². The van der Waals surface area contributed by atoms with Crippen molar-refractivity contribution in [3.63, 3.8) is 0 Å². The molecule has 1 saturated carbocycles. The first-order valence-corrected chi connectivity index (χ1v) is 6.31. The molecule has 0 amide bonds. The van der Waals surface area contributed by atoms with Crippen molar-refractivity contribution in [3.8, 4) is 0 Å². The lowest BCUT2D eigenvalue weighted by Crippen LogP contribution is -2.19. The van der Waals surface area contributed by atoms with Gasteiger partial charge in [-0.05, 0) is 42.4 Å². The van der Waals surface area contributed by atoms with Crippen LogP contribution in [0.15, 0.2) is 0 Å². The Kier molecular flexibility index (Phi) is 3.66. The van der Waals surface area contributed by atoms with Crippen LogP contribution in [0.1, 0.15) is 73.1 Å². The highest BCUT2D eigenvalue weighted by atomic mass is 14.3. The van der Waals surface area contributed by atoms with Crippen molar-refractivity contribution in [2.24, 2.45) is 16.7 Å². The molecule has 0 aromatic carbocycles. The van der Waals surface area contributed by atoms with Crippen molar-refractivity contribution in [2.45, 2.75) is 73.1 Å². The van der Waals surface area contributed by atoms with Gasteiger partial charge in [-0.15, -0.1) is 0 Å². The van der Waals surface area contributed by atoms with E-state index in [-0.39, 0.29) is 0 Å². The van der Waals surface area contributed by atoms with E-state index in [1.807, 2.05) is 0 Å². The van der Waals surface area contributed by atoms with Crippen LogP contribution >= 0.6 is 0 Å². The van der Waals surface area contributed by atoms with Crippen molar-refractivity contribution in [3.05, 3.63) is 0 Å². The van der Waals surface area contributed by atoms with Crippen LogP contribution in [0.4, 0.5) is 0 Å². The average Bonchev–Trinajstić information content (AvgIpc) is 1.97. The van der Waals surface area contributed by atoms with Gasteiger partial charge in [0.1, 0.15) is 0 Å². The first-order valence-electron chi connectivity index (χ1n) is 6.31. The lowest BCUT2D eigenvalue weighted by atomic mass is 9.75. The number of hydrogen-bond acceptors (Lipinski definition) is 0. The minimum atomic E-state index is 0.583. The van der Waals surface area contributed by atoms with Gasteiger partial charge in [0.05, 0.1) is 0 Å². The second kappa shape index (κ2) is 4.24. The van der Waals surface area contributed by atoms with Crippen LogP contribution in [0, 0.1) is 16.7 Å². The normalized spacial score (nSPS) is 28.9. The van der Waals surface area contributed by atoms with Crippen LogP contribution in [0.2, 0.25) is 0 Å². The molecule has 1 fully saturated rings. The molecule has 14 heavy (non-hydrogen) atoms. The van der Waals surface area contributed by atoms with E-state index in [0.29, 0.717) is 10.8 Å². The summed E-state index contributed by atoms with van der Waals surface area (Å²) < 4.78 is 0. The standard InChI is InChI=1S/C14H28/c1-12-10-13(2,3)8-6-7-9-14(4,5)11-12/h12H,6-11H2,1-5H3. The molecule has 0 aromatic rings. The summed E-state index contributed by atoms with van der Waals surface area (Å²) in [5, 5.41) is 0. The molecule has 0 radical (unpaired) electrons. The molecule has 0 bridgehead atoms. The Labute approximate surface area is 90.5 Å². The topological polar surface area (TPSA) is 0 Å². The average molecular weight is 196 g/mol. The molecule has 0 saturated heterocycles. The van der Waals surface area contributed by atoms with Crippen LogP contribution in [0.3, 0.4) is 0 Å². The molecule has 0 atom stereocenters. The Morgan fingerprint density at radius 1 is 0.786 bits per heavy atom. The Morgan fingerprint density at radius 2 is 1.14 bits per heavy atom. The molecule has 0 N–H and O–H groups in total. The van der Waals surface area contributed by atoms with Crippen LogP contribution < -0.4 is 0 Å². The van der Waals surface area contributed by atoms with Crippen molar-refractivity contribution < 1.29 is 0 Å². The van der Waals surface area contributed by atoms with Crippen molar-refractivity contribution in [1.29, 1.82) is 0 Å². The summed E-state index contributed by atoms with van der Waals surface area (Å²) in [6, 6.07) is 0. The number of rotatable bonds is 0. The van der Waals surface area contributed by atoms with Gasteiger partial charge in [-0.25, -0.2) is 0 Å². The van der Waals surface area contributed by atoms with Gasteiger partial charge in [0.2, 0.25) is 0 Å². The zero-order valence-corrected chi connectivity index (χ0v) is 10.8. The van der Waals surface area contributed by atoms with Gasteiger partial charge >= 0.3 is 0 Å². The minimum absolute atomic E-state index is 0.583. The smallest absolute Gasteiger partial charge is 0.0352 e. The largest absolute Gasteiger partial charge is 0.0625 e. The molecule has 0 heterocycles. The van der Waals surface area contributed by atoms with E-state index in [1.165, 1.54) is 38.5 Å². The molecule has 1 rings (SSSR count). The molecule has 1 aliphatic rings. The third-order valence-corrected chi connectivity index (χ3v) is 3.76. The van der Waals surface area contributed by atoms with Crippen molar-refractivity contribution >= 4 is 0 Å². The van der Waals surface area contributed by atoms with Gasteiger partial charge in [0.25, 0.3) is 0 Å². The Balaban J connectivity index is 2.62. The molecule has 0 unspecified atom stereocenters. The second-order valence-electron chi connectivity index (χ2n) is 7.05. The molecular weight excluding hydrogens is 168 g/mol. The molecular formula is C14H28. The molecule has 0 aromatic heterocycles. The summed E-state index contributed by atoms with van der Waals surface area (Å²) in [6.45, 7) is 12.2. The van der Waals surface area contributed by atoms with E-state index < -0.39 is 0 Å². The monoisotopic (exact) mass is 196 g/mol. The Hall–Kier alpha value is 0. The molecule has 0 heteroatoms. The molecule has 0 aliphatic heterocycles. The SMILES string of the molecule is CC1CC(C)(C)CCCCC(C)(C)C1. The predicted molar refractivity (Wildman–Crippen MR) is 64.4 cm³/mol. The fourth-order valence-electron chi connectivity index (χ4n) is 3.37. The third-order valence-electron chi connectivity index (χ3n) is 3.76. The van der Waals surface area contributed by atoms with Gasteiger partial charge in [-0.2, -0.15) is 0 Å². The maximum atomic E-state index is 2.45. The second-order valence-corrected chi connectivity index (χ2v) is 7.05. The lowest BCUT2D eigenvalue weighted by molar-refractivity contribution is 0.210. The summed E-state index contributed by atoms with van der Waals surface area (Å²) in [7, 11) is 0. The number of hydrogen-bond donors (Lipinski definition) is 0. The van der Waals surface area contributed by atoms with Gasteiger partial charge in [0.15, 0.2) is 0 Å². The highest BCUT2D eigenvalue weighted by molar-refractivity contribution is 4.79. The van der Waals surface area contributed by atoms with Crippen LogP contribution in [0.5, 0.6) is 0 Å². The summed E-state index contributed by atoms with van der Waals surface area (Å²) in [5.74, 6) is 0.901. The third kappa shape index (κ3) is 4.02. The first kappa shape index (κ1) is 12.1. The minimum Gasteiger partial charge on any atom is -0.0625 e. The summed E-state index contributed by atoms with van der Waals surface area (Å²) in [4.78, 5) is 0. The first-order chi connectivity index (χ1) is 6.31. The fraction of sp³-hybridized carbons (Fsp3) is 1.00. The van der Waals surface area contributed by atoms with Gasteiger partial charge in [-0.1, -0.05) is 47.5 Å². The zero-order chi connectivity index (χ0) is 10.8. The summed E-state index contributed by atoms with van der Waals surface area (Å²) in [5.41, 5.74) is 1.17. The van der Waals surface area contributed by atoms with Gasteiger partial charge < -0.3 is 0 Å². The van der Waals surface area contributed by atoms with Gasteiger partial charge in [0, 0.05) is 0 Å². The molecule has 0 nitrogen and oxygen atoms in total.